The van der Waals surface area contributed by atoms with Crippen LogP contribution in [0.25, 0.3) is 0 Å². The molecule has 1 heterocycles. The number of ether oxygens (including phenoxy) is 1. The predicted molar refractivity (Wildman–Crippen MR) is 62.3 cm³/mol. The van der Waals surface area contributed by atoms with Crippen molar-refractivity contribution in [1.29, 1.82) is 0 Å². The zero-order valence-electron chi connectivity index (χ0n) is 10.4. The molecule has 0 bridgehead atoms. The normalized spacial score (nSPS) is 24.3. The van der Waals surface area contributed by atoms with Crippen molar-refractivity contribution in [3.05, 3.63) is 0 Å². The molecule has 3 nitrogen and oxygen atoms in total. The third-order valence-electron chi connectivity index (χ3n) is 3.32. The summed E-state index contributed by atoms with van der Waals surface area (Å²) in [6, 6.07) is 0. The molecule has 1 atom stereocenters. The van der Waals surface area contributed by atoms with Gasteiger partial charge in [-0.05, 0) is 18.1 Å². The van der Waals surface area contributed by atoms with Crippen LogP contribution in [0.15, 0.2) is 0 Å². The van der Waals surface area contributed by atoms with Crippen molar-refractivity contribution in [2.45, 2.75) is 58.0 Å². The van der Waals surface area contributed by atoms with Crippen molar-refractivity contribution in [2.75, 3.05) is 6.61 Å². The van der Waals surface area contributed by atoms with E-state index in [-0.39, 0.29) is 23.7 Å². The molecule has 0 aromatic rings. The van der Waals surface area contributed by atoms with E-state index in [1.165, 1.54) is 0 Å². The first-order chi connectivity index (χ1) is 6.72. The molecule has 0 amide bonds. The molecule has 0 N–H and O–H groups in total. The van der Waals surface area contributed by atoms with Gasteiger partial charge in [-0.3, -0.25) is 4.79 Å². The van der Waals surface area contributed by atoms with Crippen LogP contribution in [0.4, 0.5) is 0 Å². The van der Waals surface area contributed by atoms with Crippen molar-refractivity contribution in [1.82, 2.24) is 0 Å². The average Bonchev–Trinajstić information content (AvgIpc) is 2.06. The standard InChI is InChI=1S/C11H22O3Si/c1-11(2,3)15(4,5)14-10-7-6-9(12)8-13-10/h10H,6-8H2,1-5H3. The Bertz CT molecular complexity index is 233. The molecule has 0 saturated carbocycles. The summed E-state index contributed by atoms with van der Waals surface area (Å²) in [4.78, 5) is 11.0. The van der Waals surface area contributed by atoms with E-state index in [1.54, 1.807) is 0 Å². The molecule has 1 aliphatic heterocycles. The lowest BCUT2D eigenvalue weighted by molar-refractivity contribution is -0.150. The molecule has 1 unspecified atom stereocenters. The fourth-order valence-corrected chi connectivity index (χ4v) is 2.42. The smallest absolute Gasteiger partial charge is 0.195 e. The van der Waals surface area contributed by atoms with Gasteiger partial charge >= 0.3 is 0 Å². The summed E-state index contributed by atoms with van der Waals surface area (Å²) in [6.07, 6.45) is 1.15. The molecule has 1 rings (SSSR count). The molecule has 88 valence electrons. The van der Waals surface area contributed by atoms with Gasteiger partial charge in [0.15, 0.2) is 14.1 Å². The molecule has 0 aliphatic carbocycles. The van der Waals surface area contributed by atoms with Crippen molar-refractivity contribution in [3.63, 3.8) is 0 Å². The Balaban J connectivity index is 2.51. The van der Waals surface area contributed by atoms with Gasteiger partial charge in [-0.25, -0.2) is 0 Å². The Labute approximate surface area is 93.3 Å². The van der Waals surface area contributed by atoms with Gasteiger partial charge in [-0.2, -0.15) is 0 Å². The van der Waals surface area contributed by atoms with Crippen LogP contribution in [-0.4, -0.2) is 27.0 Å². The van der Waals surface area contributed by atoms with E-state index in [2.05, 4.69) is 33.9 Å². The van der Waals surface area contributed by atoms with Gasteiger partial charge in [0.25, 0.3) is 0 Å². The molecule has 0 spiro atoms. The van der Waals surface area contributed by atoms with Crippen LogP contribution in [0, 0.1) is 0 Å². The molecule has 1 fully saturated rings. The summed E-state index contributed by atoms with van der Waals surface area (Å²) in [5.74, 6) is 0.185. The van der Waals surface area contributed by atoms with Gasteiger partial charge in [0, 0.05) is 12.8 Å². The minimum absolute atomic E-state index is 0.163. The number of carbonyl (C=O) groups is 1. The summed E-state index contributed by atoms with van der Waals surface area (Å²) in [5.41, 5.74) is 0. The number of hydrogen-bond acceptors (Lipinski definition) is 3. The molecule has 15 heavy (non-hydrogen) atoms. The highest BCUT2D eigenvalue weighted by molar-refractivity contribution is 6.74. The van der Waals surface area contributed by atoms with Crippen LogP contribution in [0.5, 0.6) is 0 Å². The van der Waals surface area contributed by atoms with Gasteiger partial charge in [0.1, 0.15) is 12.9 Å². The van der Waals surface area contributed by atoms with E-state index < -0.39 is 8.32 Å². The molecule has 0 aromatic carbocycles. The van der Waals surface area contributed by atoms with Crippen molar-refractivity contribution < 1.29 is 14.0 Å². The molecular weight excluding hydrogens is 208 g/mol. The second-order valence-corrected chi connectivity index (χ2v) is 10.5. The minimum atomic E-state index is -1.75. The maximum absolute atomic E-state index is 11.0. The summed E-state index contributed by atoms with van der Waals surface area (Å²) < 4.78 is 11.4. The van der Waals surface area contributed by atoms with Crippen LogP contribution in [0.1, 0.15) is 33.6 Å². The van der Waals surface area contributed by atoms with E-state index in [0.29, 0.717) is 12.8 Å². The quantitative estimate of drug-likeness (QED) is 0.684. The number of carbonyl (C=O) groups excluding carboxylic acids is 1. The molecule has 0 aromatic heterocycles. The zero-order valence-corrected chi connectivity index (χ0v) is 11.4. The largest absolute Gasteiger partial charge is 0.392 e. The van der Waals surface area contributed by atoms with Crippen molar-refractivity contribution in [2.24, 2.45) is 0 Å². The fraction of sp³-hybridized carbons (Fsp3) is 0.909. The maximum atomic E-state index is 11.0. The average molecular weight is 230 g/mol. The SMILES string of the molecule is CC(C)(C)[Si](C)(C)OC1CCC(=O)CO1. The van der Waals surface area contributed by atoms with Crippen LogP contribution >= 0.6 is 0 Å². The van der Waals surface area contributed by atoms with Gasteiger partial charge in [0.05, 0.1) is 0 Å². The first kappa shape index (κ1) is 12.9. The van der Waals surface area contributed by atoms with E-state index in [0.717, 1.165) is 0 Å². The lowest BCUT2D eigenvalue weighted by Crippen LogP contribution is -2.46. The predicted octanol–water partition coefficient (Wildman–Crippen LogP) is 2.71. The minimum Gasteiger partial charge on any atom is -0.392 e. The van der Waals surface area contributed by atoms with E-state index in [4.69, 9.17) is 9.16 Å². The topological polar surface area (TPSA) is 35.5 Å². The van der Waals surface area contributed by atoms with Crippen molar-refractivity contribution >= 4 is 14.1 Å². The van der Waals surface area contributed by atoms with Gasteiger partial charge in [-0.1, -0.05) is 20.8 Å². The summed E-state index contributed by atoms with van der Waals surface area (Å²) in [5, 5.41) is 0.192. The number of ketones is 1. The highest BCUT2D eigenvalue weighted by atomic mass is 28.4. The zero-order chi connectivity index (χ0) is 11.7. The third kappa shape index (κ3) is 3.40. The van der Waals surface area contributed by atoms with Crippen LogP contribution in [0.2, 0.25) is 18.1 Å². The summed E-state index contributed by atoms with van der Waals surface area (Å²) in [6.45, 7) is 11.2. The molecular formula is C11H22O3Si. The van der Waals surface area contributed by atoms with Gasteiger partial charge in [-0.15, -0.1) is 0 Å². The van der Waals surface area contributed by atoms with Crippen LogP contribution in [-0.2, 0) is 14.0 Å². The Morgan fingerprint density at radius 1 is 1.40 bits per heavy atom. The number of rotatable bonds is 2. The highest BCUT2D eigenvalue weighted by Gasteiger charge is 2.40. The second-order valence-electron chi connectivity index (χ2n) is 5.70. The maximum Gasteiger partial charge on any atom is 0.195 e. The second kappa shape index (κ2) is 4.35. The van der Waals surface area contributed by atoms with E-state index in [1.807, 2.05) is 0 Å². The van der Waals surface area contributed by atoms with Gasteiger partial charge < -0.3 is 9.16 Å². The first-order valence-corrected chi connectivity index (χ1v) is 8.44. The van der Waals surface area contributed by atoms with Gasteiger partial charge in [0.2, 0.25) is 0 Å². The Kier molecular flexibility index (Phi) is 3.74. The molecule has 1 saturated heterocycles. The fourth-order valence-electron chi connectivity index (χ4n) is 1.22. The van der Waals surface area contributed by atoms with Crippen molar-refractivity contribution in [3.8, 4) is 0 Å². The molecule has 1 aliphatic rings. The molecule has 4 heteroatoms. The lowest BCUT2D eigenvalue weighted by atomic mass is 10.2. The van der Waals surface area contributed by atoms with E-state index in [9.17, 15) is 4.79 Å². The number of hydrogen-bond donors (Lipinski definition) is 0. The monoisotopic (exact) mass is 230 g/mol. The Morgan fingerprint density at radius 2 is 2.00 bits per heavy atom. The highest BCUT2D eigenvalue weighted by Crippen LogP contribution is 2.38. The Hall–Kier alpha value is -0.193. The first-order valence-electron chi connectivity index (χ1n) is 5.53. The summed E-state index contributed by atoms with van der Waals surface area (Å²) in [7, 11) is -1.75. The van der Waals surface area contributed by atoms with E-state index >= 15 is 0 Å². The lowest BCUT2D eigenvalue weighted by Gasteiger charge is -2.39. The van der Waals surface area contributed by atoms with Crippen LogP contribution < -0.4 is 0 Å². The summed E-state index contributed by atoms with van der Waals surface area (Å²) >= 11 is 0. The Morgan fingerprint density at radius 3 is 2.40 bits per heavy atom. The molecule has 0 radical (unpaired) electrons. The number of Topliss-reactive ketones (excluding diaryl/α,β-unsaturated/α-hetero) is 1. The third-order valence-corrected chi connectivity index (χ3v) is 7.79. The van der Waals surface area contributed by atoms with Crippen LogP contribution in [0.3, 0.4) is 0 Å².